The molecule has 0 bridgehead atoms. The Morgan fingerprint density at radius 1 is 0.903 bits per heavy atom. The summed E-state index contributed by atoms with van der Waals surface area (Å²) in [6.07, 6.45) is 1.55. The zero-order valence-electron chi connectivity index (χ0n) is 18.1. The number of rotatable bonds is 12. The first-order chi connectivity index (χ1) is 15.2. The summed E-state index contributed by atoms with van der Waals surface area (Å²) in [5.74, 6) is 0.932. The van der Waals surface area contributed by atoms with Crippen LogP contribution in [0.4, 0.5) is 0 Å². The van der Waals surface area contributed by atoms with Crippen LogP contribution in [0.2, 0.25) is 0 Å². The molecule has 0 saturated heterocycles. The van der Waals surface area contributed by atoms with E-state index in [0.717, 1.165) is 23.3 Å². The minimum absolute atomic E-state index is 0.219. The largest absolute Gasteiger partial charge is 0.494 e. The van der Waals surface area contributed by atoms with E-state index >= 15 is 0 Å². The Hall–Kier alpha value is -2.57. The second-order valence-corrected chi connectivity index (χ2v) is 8.15. The van der Waals surface area contributed by atoms with Gasteiger partial charge in [0, 0.05) is 25.5 Å². The topological polar surface area (TPSA) is 55.8 Å². The van der Waals surface area contributed by atoms with Crippen molar-refractivity contribution in [3.8, 4) is 5.75 Å². The molecule has 0 saturated carbocycles. The molecule has 0 aliphatic carbocycles. The first kappa shape index (κ1) is 23.1. The van der Waals surface area contributed by atoms with E-state index in [0.29, 0.717) is 49.0 Å². The number of amides is 2. The zero-order chi connectivity index (χ0) is 22.1. The number of carbonyl (C=O) groups is 2. The van der Waals surface area contributed by atoms with Crippen molar-refractivity contribution in [2.75, 3.05) is 26.4 Å². The lowest BCUT2D eigenvalue weighted by atomic mass is 10.1. The van der Waals surface area contributed by atoms with Crippen LogP contribution in [0.1, 0.15) is 37.8 Å². The van der Waals surface area contributed by atoms with E-state index in [9.17, 15) is 9.59 Å². The SMILES string of the molecule is CCCOc1ccc(C2=C(SCc3ccccc3)C(=O)N(CCCOCC)C2=O)cc1. The number of benzene rings is 2. The van der Waals surface area contributed by atoms with Gasteiger partial charge in [-0.1, -0.05) is 49.4 Å². The summed E-state index contributed by atoms with van der Waals surface area (Å²) in [5, 5.41) is 0. The van der Waals surface area contributed by atoms with Crippen molar-refractivity contribution < 1.29 is 19.1 Å². The maximum Gasteiger partial charge on any atom is 0.267 e. The highest BCUT2D eigenvalue weighted by Crippen LogP contribution is 2.38. The number of thioether (sulfide) groups is 1. The van der Waals surface area contributed by atoms with Gasteiger partial charge in [-0.3, -0.25) is 14.5 Å². The highest BCUT2D eigenvalue weighted by atomic mass is 32.2. The third kappa shape index (κ3) is 5.99. The first-order valence-corrected chi connectivity index (χ1v) is 11.7. The Labute approximate surface area is 188 Å². The Balaban J connectivity index is 1.83. The molecule has 0 N–H and O–H groups in total. The van der Waals surface area contributed by atoms with Crippen molar-refractivity contribution >= 4 is 29.1 Å². The predicted octanol–water partition coefficient (Wildman–Crippen LogP) is 4.92. The lowest BCUT2D eigenvalue weighted by molar-refractivity contribution is -0.136. The molecule has 31 heavy (non-hydrogen) atoms. The lowest BCUT2D eigenvalue weighted by Gasteiger charge is -2.15. The summed E-state index contributed by atoms with van der Waals surface area (Å²) < 4.78 is 11.0. The van der Waals surface area contributed by atoms with Crippen LogP contribution >= 0.6 is 11.8 Å². The maximum atomic E-state index is 13.2. The monoisotopic (exact) mass is 439 g/mol. The molecular formula is C25H29NO4S. The molecule has 0 unspecified atom stereocenters. The molecule has 6 heteroatoms. The van der Waals surface area contributed by atoms with Crippen LogP contribution in [0.3, 0.4) is 0 Å². The molecule has 2 amide bonds. The average Bonchev–Trinajstić information content (AvgIpc) is 3.04. The molecule has 0 atom stereocenters. The maximum absolute atomic E-state index is 13.2. The fourth-order valence-electron chi connectivity index (χ4n) is 3.28. The van der Waals surface area contributed by atoms with Crippen LogP contribution in [-0.4, -0.2) is 43.1 Å². The summed E-state index contributed by atoms with van der Waals surface area (Å²) in [6, 6.07) is 17.4. The van der Waals surface area contributed by atoms with Gasteiger partial charge in [0.2, 0.25) is 0 Å². The van der Waals surface area contributed by atoms with Gasteiger partial charge in [-0.25, -0.2) is 0 Å². The molecule has 0 aromatic heterocycles. The smallest absolute Gasteiger partial charge is 0.267 e. The van der Waals surface area contributed by atoms with Crippen molar-refractivity contribution in [2.24, 2.45) is 0 Å². The van der Waals surface area contributed by atoms with Crippen LogP contribution in [0.15, 0.2) is 59.5 Å². The number of hydrogen-bond donors (Lipinski definition) is 0. The van der Waals surface area contributed by atoms with Gasteiger partial charge in [0.25, 0.3) is 11.8 Å². The van der Waals surface area contributed by atoms with Crippen molar-refractivity contribution in [1.82, 2.24) is 4.90 Å². The molecule has 1 aliphatic rings. The lowest BCUT2D eigenvalue weighted by Crippen LogP contribution is -2.33. The van der Waals surface area contributed by atoms with E-state index in [1.807, 2.05) is 61.5 Å². The highest BCUT2D eigenvalue weighted by molar-refractivity contribution is 8.03. The van der Waals surface area contributed by atoms with Gasteiger partial charge in [-0.05, 0) is 43.0 Å². The van der Waals surface area contributed by atoms with Crippen LogP contribution in [0.25, 0.3) is 5.57 Å². The first-order valence-electron chi connectivity index (χ1n) is 10.7. The van der Waals surface area contributed by atoms with Gasteiger partial charge in [-0.2, -0.15) is 0 Å². The van der Waals surface area contributed by atoms with E-state index in [1.54, 1.807) is 0 Å². The number of hydrogen-bond acceptors (Lipinski definition) is 5. The van der Waals surface area contributed by atoms with E-state index in [-0.39, 0.29) is 11.8 Å². The van der Waals surface area contributed by atoms with Gasteiger partial charge in [0.05, 0.1) is 17.1 Å². The van der Waals surface area contributed by atoms with Crippen molar-refractivity contribution in [3.05, 3.63) is 70.6 Å². The van der Waals surface area contributed by atoms with Crippen molar-refractivity contribution in [1.29, 1.82) is 0 Å². The quantitative estimate of drug-likeness (QED) is 0.347. The van der Waals surface area contributed by atoms with Crippen LogP contribution in [-0.2, 0) is 20.1 Å². The average molecular weight is 440 g/mol. The molecule has 3 rings (SSSR count). The van der Waals surface area contributed by atoms with E-state index in [2.05, 4.69) is 6.92 Å². The molecule has 0 spiro atoms. The Morgan fingerprint density at radius 2 is 1.65 bits per heavy atom. The molecular weight excluding hydrogens is 410 g/mol. The summed E-state index contributed by atoms with van der Waals surface area (Å²) in [5.41, 5.74) is 2.33. The number of carbonyl (C=O) groups excluding carboxylic acids is 2. The summed E-state index contributed by atoms with van der Waals surface area (Å²) in [7, 11) is 0. The van der Waals surface area contributed by atoms with Crippen molar-refractivity contribution in [3.63, 3.8) is 0 Å². The zero-order valence-corrected chi connectivity index (χ0v) is 19.0. The summed E-state index contributed by atoms with van der Waals surface area (Å²) >= 11 is 1.42. The van der Waals surface area contributed by atoms with Gasteiger partial charge in [0.15, 0.2) is 0 Å². The standard InChI is InChI=1S/C25H29NO4S/c1-3-16-30-21-13-11-20(12-14-21)22-23(31-18-19-9-6-5-7-10-19)25(28)26(24(22)27)15-8-17-29-4-2/h5-7,9-14H,3-4,8,15-18H2,1-2H3. The van der Waals surface area contributed by atoms with E-state index < -0.39 is 0 Å². The molecule has 5 nitrogen and oxygen atoms in total. The molecule has 0 radical (unpaired) electrons. The number of nitrogens with zero attached hydrogens (tertiary/aromatic N) is 1. The number of imide groups is 1. The highest BCUT2D eigenvalue weighted by Gasteiger charge is 2.38. The Bertz CT molecular complexity index is 909. The Kier molecular flexibility index (Phi) is 8.74. The Morgan fingerprint density at radius 3 is 2.32 bits per heavy atom. The molecule has 2 aromatic rings. The minimum Gasteiger partial charge on any atom is -0.494 e. The van der Waals surface area contributed by atoms with Gasteiger partial charge < -0.3 is 9.47 Å². The second kappa shape index (κ2) is 11.7. The molecule has 1 aliphatic heterocycles. The normalized spacial score (nSPS) is 13.9. The van der Waals surface area contributed by atoms with E-state index in [4.69, 9.17) is 9.47 Å². The van der Waals surface area contributed by atoms with Crippen LogP contribution in [0.5, 0.6) is 5.75 Å². The van der Waals surface area contributed by atoms with Crippen LogP contribution < -0.4 is 4.74 Å². The van der Waals surface area contributed by atoms with Crippen molar-refractivity contribution in [2.45, 2.75) is 32.4 Å². The third-order valence-corrected chi connectivity index (χ3v) is 5.99. The molecule has 2 aromatic carbocycles. The van der Waals surface area contributed by atoms with Gasteiger partial charge in [0.1, 0.15) is 5.75 Å². The predicted molar refractivity (Wildman–Crippen MR) is 125 cm³/mol. The fraction of sp³-hybridized carbons (Fsp3) is 0.360. The van der Waals surface area contributed by atoms with Gasteiger partial charge >= 0.3 is 0 Å². The second-order valence-electron chi connectivity index (χ2n) is 7.16. The third-order valence-electron chi connectivity index (χ3n) is 4.84. The van der Waals surface area contributed by atoms with E-state index in [1.165, 1.54) is 16.7 Å². The summed E-state index contributed by atoms with van der Waals surface area (Å²) in [4.78, 5) is 28.2. The number of ether oxygens (including phenoxy) is 2. The fourth-order valence-corrected chi connectivity index (χ4v) is 4.37. The molecule has 164 valence electrons. The molecule has 0 fully saturated rings. The molecule has 1 heterocycles. The van der Waals surface area contributed by atoms with Crippen LogP contribution in [0, 0.1) is 0 Å². The minimum atomic E-state index is -0.237. The van der Waals surface area contributed by atoms with Gasteiger partial charge in [-0.15, -0.1) is 11.8 Å². The summed E-state index contributed by atoms with van der Waals surface area (Å²) in [6.45, 7) is 6.13.